The van der Waals surface area contributed by atoms with Crippen LogP contribution in [0.2, 0.25) is 0 Å². The van der Waals surface area contributed by atoms with Crippen molar-refractivity contribution in [3.05, 3.63) is 24.3 Å². The molecule has 1 rings (SSSR count). The van der Waals surface area contributed by atoms with Crippen LogP contribution in [0.4, 0.5) is 0 Å². The van der Waals surface area contributed by atoms with E-state index in [0.717, 1.165) is 10.9 Å². The van der Waals surface area contributed by atoms with Crippen molar-refractivity contribution in [1.82, 2.24) is 0 Å². The van der Waals surface area contributed by atoms with Crippen molar-refractivity contribution >= 4 is 24.1 Å². The summed E-state index contributed by atoms with van der Waals surface area (Å²) in [6.45, 7) is 0. The zero-order chi connectivity index (χ0) is 10.6. The zero-order valence-electron chi connectivity index (χ0n) is 8.41. The second-order valence-electron chi connectivity index (χ2n) is 2.67. The minimum atomic E-state index is -2.69. The highest BCUT2D eigenvalue weighted by Gasteiger charge is 2.36. The summed E-state index contributed by atoms with van der Waals surface area (Å²) < 4.78 is 15.4. The molecule has 14 heavy (non-hydrogen) atoms. The van der Waals surface area contributed by atoms with Gasteiger partial charge in [-0.05, 0) is 12.1 Å². The summed E-state index contributed by atoms with van der Waals surface area (Å²) in [6, 6.07) is 7.37. The quantitative estimate of drug-likeness (QED) is 0.580. The fourth-order valence-electron chi connectivity index (χ4n) is 1.11. The lowest BCUT2D eigenvalue weighted by atomic mass is 10.3. The third-order valence-electron chi connectivity index (χ3n) is 1.96. The van der Waals surface area contributed by atoms with E-state index >= 15 is 0 Å². The van der Waals surface area contributed by atoms with Crippen LogP contribution in [0.1, 0.15) is 0 Å². The number of methoxy groups -OCH3 is 1. The van der Waals surface area contributed by atoms with Crippen LogP contribution in [0.15, 0.2) is 24.3 Å². The minimum Gasteiger partial charge on any atom is -0.497 e. The van der Waals surface area contributed by atoms with Crippen LogP contribution in [-0.2, 0) is 8.85 Å². The molecule has 0 spiro atoms. The molecule has 3 nitrogen and oxygen atoms in total. The summed E-state index contributed by atoms with van der Waals surface area (Å²) >= 11 is 6.18. The highest BCUT2D eigenvalue weighted by molar-refractivity contribution is 7.20. The summed E-state index contributed by atoms with van der Waals surface area (Å²) in [4.78, 5) is 0. The lowest BCUT2D eigenvalue weighted by Crippen LogP contribution is -2.46. The first-order valence-corrected chi connectivity index (χ1v) is 6.93. The molecule has 1 aromatic carbocycles. The molecule has 0 bridgehead atoms. The van der Waals surface area contributed by atoms with E-state index < -0.39 is 7.87 Å². The van der Waals surface area contributed by atoms with Gasteiger partial charge in [-0.2, -0.15) is 0 Å². The highest BCUT2D eigenvalue weighted by atomic mass is 35.6. The molecule has 0 radical (unpaired) electrons. The number of hydrogen-bond donors (Lipinski definition) is 0. The summed E-state index contributed by atoms with van der Waals surface area (Å²) in [5, 5.41) is 0.866. The van der Waals surface area contributed by atoms with Crippen molar-refractivity contribution in [2.75, 3.05) is 21.3 Å². The molecule has 0 saturated carbocycles. The van der Waals surface area contributed by atoms with Crippen molar-refractivity contribution in [1.29, 1.82) is 0 Å². The van der Waals surface area contributed by atoms with Crippen molar-refractivity contribution in [2.45, 2.75) is 0 Å². The number of benzene rings is 1. The van der Waals surface area contributed by atoms with Gasteiger partial charge in [-0.25, -0.2) is 0 Å². The number of hydrogen-bond acceptors (Lipinski definition) is 3. The fourth-order valence-corrected chi connectivity index (χ4v) is 2.69. The van der Waals surface area contributed by atoms with Gasteiger partial charge in [-0.15, -0.1) is 0 Å². The number of ether oxygens (including phenoxy) is 1. The molecule has 0 aromatic heterocycles. The molecule has 78 valence electrons. The lowest BCUT2D eigenvalue weighted by Gasteiger charge is -2.19. The van der Waals surface area contributed by atoms with Crippen LogP contribution in [0, 0.1) is 0 Å². The van der Waals surface area contributed by atoms with Gasteiger partial charge in [0, 0.05) is 19.4 Å². The van der Waals surface area contributed by atoms with E-state index in [2.05, 4.69) is 0 Å². The van der Waals surface area contributed by atoms with Gasteiger partial charge in [0.1, 0.15) is 5.75 Å². The maximum atomic E-state index is 6.18. The number of halogens is 1. The van der Waals surface area contributed by atoms with Crippen LogP contribution in [0.5, 0.6) is 5.75 Å². The molecule has 0 N–H and O–H groups in total. The van der Waals surface area contributed by atoms with Gasteiger partial charge in [-0.3, -0.25) is 0 Å². The molecule has 0 unspecified atom stereocenters. The first-order chi connectivity index (χ1) is 6.66. The smallest absolute Gasteiger partial charge is 0.477 e. The van der Waals surface area contributed by atoms with E-state index in [4.69, 9.17) is 24.7 Å². The van der Waals surface area contributed by atoms with Crippen LogP contribution >= 0.6 is 11.1 Å². The molecule has 5 heteroatoms. The molecular weight excluding hydrogens is 220 g/mol. The summed E-state index contributed by atoms with van der Waals surface area (Å²) in [7, 11) is 2.02. The van der Waals surface area contributed by atoms with Crippen molar-refractivity contribution in [2.24, 2.45) is 0 Å². The Hall–Kier alpha value is -0.553. The van der Waals surface area contributed by atoms with E-state index in [9.17, 15) is 0 Å². The van der Waals surface area contributed by atoms with Gasteiger partial charge >= 0.3 is 7.87 Å². The van der Waals surface area contributed by atoms with Gasteiger partial charge in [0.2, 0.25) is 0 Å². The first kappa shape index (κ1) is 11.5. The normalized spacial score (nSPS) is 11.4. The Kier molecular flexibility index (Phi) is 3.94. The van der Waals surface area contributed by atoms with Gasteiger partial charge in [0.05, 0.1) is 7.11 Å². The Morgan fingerprint density at radius 2 is 1.50 bits per heavy atom. The third-order valence-corrected chi connectivity index (χ3v) is 5.61. The SMILES string of the molecule is COc1ccc([Si](Cl)(OC)OC)cc1. The average Bonchev–Trinajstić information content (AvgIpc) is 2.28. The second kappa shape index (κ2) is 4.79. The summed E-state index contributed by atoms with van der Waals surface area (Å²) in [5.41, 5.74) is 0. The van der Waals surface area contributed by atoms with Crippen molar-refractivity contribution in [3.8, 4) is 5.75 Å². The molecule has 0 saturated heterocycles. The Morgan fingerprint density at radius 3 is 1.86 bits per heavy atom. The van der Waals surface area contributed by atoms with Gasteiger partial charge in [0.25, 0.3) is 0 Å². The van der Waals surface area contributed by atoms with Crippen LogP contribution in [0.3, 0.4) is 0 Å². The van der Waals surface area contributed by atoms with Crippen LogP contribution in [0.25, 0.3) is 0 Å². The highest BCUT2D eigenvalue weighted by Crippen LogP contribution is 2.14. The number of rotatable bonds is 4. The molecular formula is C9H13ClO3Si. The maximum Gasteiger partial charge on any atom is 0.477 e. The molecule has 0 fully saturated rings. The van der Waals surface area contributed by atoms with Gasteiger partial charge in [-0.1, -0.05) is 23.2 Å². The minimum absolute atomic E-state index is 0.786. The van der Waals surface area contributed by atoms with Crippen LogP contribution in [-0.4, -0.2) is 29.2 Å². The van der Waals surface area contributed by atoms with E-state index in [1.54, 1.807) is 21.3 Å². The largest absolute Gasteiger partial charge is 0.497 e. The Morgan fingerprint density at radius 1 is 1.00 bits per heavy atom. The molecule has 0 aliphatic carbocycles. The van der Waals surface area contributed by atoms with E-state index in [-0.39, 0.29) is 0 Å². The standard InChI is InChI=1S/C9H13ClO3Si/c1-11-8-4-6-9(7-5-8)14(10,12-2)13-3/h4-7H,1-3H3. The topological polar surface area (TPSA) is 27.7 Å². The molecule has 1 aromatic rings. The van der Waals surface area contributed by atoms with Crippen molar-refractivity contribution in [3.63, 3.8) is 0 Å². The summed E-state index contributed by atoms with van der Waals surface area (Å²) in [6.07, 6.45) is 0. The van der Waals surface area contributed by atoms with Crippen molar-refractivity contribution < 1.29 is 13.6 Å². The molecule has 0 aliphatic heterocycles. The van der Waals surface area contributed by atoms with Gasteiger partial charge < -0.3 is 13.6 Å². The lowest BCUT2D eigenvalue weighted by molar-refractivity contribution is 0.281. The van der Waals surface area contributed by atoms with E-state index in [1.165, 1.54) is 0 Å². The zero-order valence-corrected chi connectivity index (χ0v) is 10.2. The Balaban J connectivity index is 2.95. The first-order valence-electron chi connectivity index (χ1n) is 4.10. The summed E-state index contributed by atoms with van der Waals surface area (Å²) in [5.74, 6) is 0.786. The average molecular weight is 233 g/mol. The van der Waals surface area contributed by atoms with E-state index in [1.807, 2.05) is 24.3 Å². The van der Waals surface area contributed by atoms with E-state index in [0.29, 0.717) is 0 Å². The van der Waals surface area contributed by atoms with Gasteiger partial charge in [0.15, 0.2) is 0 Å². The molecule has 0 amide bonds. The predicted molar refractivity (Wildman–Crippen MR) is 58.3 cm³/mol. The predicted octanol–water partition coefficient (Wildman–Crippen LogP) is 1.37. The maximum absolute atomic E-state index is 6.18. The molecule has 0 atom stereocenters. The Labute approximate surface area is 89.5 Å². The molecule has 0 aliphatic rings. The third kappa shape index (κ3) is 2.27. The monoisotopic (exact) mass is 232 g/mol. The second-order valence-corrected chi connectivity index (χ2v) is 6.63. The fraction of sp³-hybridized carbons (Fsp3) is 0.333. The molecule has 0 heterocycles. The Bertz CT molecular complexity index is 285. The van der Waals surface area contributed by atoms with Crippen LogP contribution < -0.4 is 9.92 Å².